The van der Waals surface area contributed by atoms with Gasteiger partial charge in [-0.15, -0.1) is 0 Å². The van der Waals surface area contributed by atoms with Crippen LogP contribution < -0.4 is 5.32 Å². The van der Waals surface area contributed by atoms with E-state index in [0.717, 1.165) is 22.3 Å². The Kier molecular flexibility index (Phi) is 7.10. The topological polar surface area (TPSA) is 95.9 Å². The number of fused-ring (bicyclic) bond motifs is 3. The highest BCUT2D eigenvalue weighted by Gasteiger charge is 2.31. The van der Waals surface area contributed by atoms with E-state index in [0.29, 0.717) is 0 Å². The Balaban J connectivity index is 1.42. The van der Waals surface area contributed by atoms with Gasteiger partial charge in [0.25, 0.3) is 0 Å². The molecule has 0 bridgehead atoms. The van der Waals surface area contributed by atoms with E-state index in [1.165, 1.54) is 30.1 Å². The predicted octanol–water partition coefficient (Wildman–Crippen LogP) is 4.17. The van der Waals surface area contributed by atoms with Crippen molar-refractivity contribution in [3.05, 3.63) is 95.3 Å². The molecule has 0 saturated heterocycles. The number of carbonyl (C=O) groups is 3. The van der Waals surface area contributed by atoms with Gasteiger partial charge in [-0.3, -0.25) is 9.59 Å². The number of aliphatic carboxylic acids is 1. The summed E-state index contributed by atoms with van der Waals surface area (Å²) >= 11 is 0. The first-order valence-corrected chi connectivity index (χ1v) is 11.2. The van der Waals surface area contributed by atoms with Gasteiger partial charge in [0.15, 0.2) is 0 Å². The van der Waals surface area contributed by atoms with E-state index < -0.39 is 36.2 Å². The zero-order valence-corrected chi connectivity index (χ0v) is 19.1. The number of carbonyl (C=O) groups excluding carboxylic acids is 2. The molecule has 0 fully saturated rings. The van der Waals surface area contributed by atoms with Crippen LogP contribution in [0.5, 0.6) is 0 Å². The van der Waals surface area contributed by atoms with E-state index >= 15 is 0 Å². The van der Waals surface area contributed by atoms with Crippen molar-refractivity contribution < 1.29 is 28.6 Å². The third-order valence-corrected chi connectivity index (χ3v) is 6.05. The lowest BCUT2D eigenvalue weighted by Gasteiger charge is -2.24. The SMILES string of the molecule is CN(Cc1ccccc1F)C(=O)C(CC(=O)O)NC(=O)OCC1c2ccccc2-c2ccccc21. The minimum Gasteiger partial charge on any atom is -0.481 e. The Hall–Kier alpha value is -4.20. The summed E-state index contributed by atoms with van der Waals surface area (Å²) in [6.07, 6.45) is -1.53. The van der Waals surface area contributed by atoms with Crippen LogP contribution in [0, 0.1) is 5.82 Å². The molecule has 0 aliphatic heterocycles. The van der Waals surface area contributed by atoms with Crippen molar-refractivity contribution in [1.82, 2.24) is 10.2 Å². The number of halogens is 1. The number of benzene rings is 3. The molecule has 0 radical (unpaired) electrons. The highest BCUT2D eigenvalue weighted by molar-refractivity contribution is 5.89. The van der Waals surface area contributed by atoms with Gasteiger partial charge < -0.3 is 20.1 Å². The summed E-state index contributed by atoms with van der Waals surface area (Å²) < 4.78 is 19.4. The van der Waals surface area contributed by atoms with E-state index in [-0.39, 0.29) is 24.6 Å². The second kappa shape index (κ2) is 10.4. The number of rotatable bonds is 8. The monoisotopic (exact) mass is 476 g/mol. The Morgan fingerprint density at radius 3 is 2.14 bits per heavy atom. The molecule has 2 amide bonds. The van der Waals surface area contributed by atoms with Gasteiger partial charge in [0.1, 0.15) is 18.5 Å². The average molecular weight is 477 g/mol. The average Bonchev–Trinajstić information content (AvgIpc) is 3.16. The third kappa shape index (κ3) is 5.32. The van der Waals surface area contributed by atoms with Crippen molar-refractivity contribution in [2.24, 2.45) is 0 Å². The Morgan fingerprint density at radius 1 is 0.971 bits per heavy atom. The van der Waals surface area contributed by atoms with Crippen molar-refractivity contribution in [1.29, 1.82) is 0 Å². The Morgan fingerprint density at radius 2 is 1.54 bits per heavy atom. The van der Waals surface area contributed by atoms with Gasteiger partial charge in [-0.25, -0.2) is 9.18 Å². The van der Waals surface area contributed by atoms with E-state index in [1.54, 1.807) is 6.07 Å². The van der Waals surface area contributed by atoms with Gasteiger partial charge in [-0.1, -0.05) is 66.7 Å². The lowest BCUT2D eigenvalue weighted by molar-refractivity contribution is -0.142. The second-order valence-electron chi connectivity index (χ2n) is 8.41. The smallest absolute Gasteiger partial charge is 0.407 e. The van der Waals surface area contributed by atoms with Crippen molar-refractivity contribution >= 4 is 18.0 Å². The maximum atomic E-state index is 14.0. The molecule has 1 unspecified atom stereocenters. The van der Waals surface area contributed by atoms with Crippen molar-refractivity contribution in [2.45, 2.75) is 24.9 Å². The molecule has 0 heterocycles. The maximum absolute atomic E-state index is 14.0. The van der Waals surface area contributed by atoms with E-state index in [1.807, 2.05) is 48.5 Å². The van der Waals surface area contributed by atoms with Crippen LogP contribution in [0.2, 0.25) is 0 Å². The first kappa shape index (κ1) is 23.9. The van der Waals surface area contributed by atoms with Crippen LogP contribution in [-0.4, -0.2) is 47.7 Å². The first-order chi connectivity index (χ1) is 16.8. The Labute approximate surface area is 202 Å². The molecule has 4 rings (SSSR count). The lowest BCUT2D eigenvalue weighted by atomic mass is 9.98. The number of nitrogens with zero attached hydrogens (tertiary/aromatic N) is 1. The number of hydrogen-bond acceptors (Lipinski definition) is 4. The van der Waals surface area contributed by atoms with Gasteiger partial charge in [0, 0.05) is 25.1 Å². The van der Waals surface area contributed by atoms with Gasteiger partial charge >= 0.3 is 12.1 Å². The summed E-state index contributed by atoms with van der Waals surface area (Å²) in [5.74, 6) is -2.58. The van der Waals surface area contributed by atoms with Crippen LogP contribution in [0.4, 0.5) is 9.18 Å². The normalized spacial score (nSPS) is 12.9. The quantitative estimate of drug-likeness (QED) is 0.509. The fourth-order valence-electron chi connectivity index (χ4n) is 4.38. The highest BCUT2D eigenvalue weighted by Crippen LogP contribution is 2.44. The molecule has 3 aromatic rings. The van der Waals surface area contributed by atoms with Crippen LogP contribution >= 0.6 is 0 Å². The van der Waals surface area contributed by atoms with Crippen LogP contribution in [0.1, 0.15) is 29.0 Å². The minimum atomic E-state index is -1.36. The molecule has 0 saturated carbocycles. The summed E-state index contributed by atoms with van der Waals surface area (Å²) in [5, 5.41) is 11.6. The van der Waals surface area contributed by atoms with Crippen LogP contribution in [0.3, 0.4) is 0 Å². The molecule has 35 heavy (non-hydrogen) atoms. The van der Waals surface area contributed by atoms with Crippen molar-refractivity contribution in [3.63, 3.8) is 0 Å². The Bertz CT molecular complexity index is 1220. The fraction of sp³-hybridized carbons (Fsp3) is 0.222. The molecular formula is C27H25FN2O5. The lowest BCUT2D eigenvalue weighted by Crippen LogP contribution is -2.48. The van der Waals surface area contributed by atoms with Gasteiger partial charge in [-0.05, 0) is 28.3 Å². The number of carboxylic acids is 1. The standard InChI is InChI=1S/C27H25FN2O5/c1-30(15-17-8-2-7-13-23(17)28)26(33)24(14-25(31)32)29-27(34)35-16-22-20-11-5-3-9-18(20)19-10-4-6-12-21(19)22/h2-13,22,24H,14-16H2,1H3,(H,29,34)(H,31,32). The van der Waals surface area contributed by atoms with Crippen molar-refractivity contribution in [2.75, 3.05) is 13.7 Å². The number of alkyl carbamates (subject to hydrolysis) is 1. The number of hydrogen-bond donors (Lipinski definition) is 2. The first-order valence-electron chi connectivity index (χ1n) is 11.2. The zero-order chi connectivity index (χ0) is 24.9. The van der Waals surface area contributed by atoms with E-state index in [9.17, 15) is 23.9 Å². The number of carboxylic acid groups (broad SMARTS) is 1. The minimum absolute atomic E-state index is 0.0267. The summed E-state index contributed by atoms with van der Waals surface area (Å²) in [4.78, 5) is 38.0. The maximum Gasteiger partial charge on any atom is 0.407 e. The third-order valence-electron chi connectivity index (χ3n) is 6.05. The molecule has 2 N–H and O–H groups in total. The molecule has 1 atom stereocenters. The van der Waals surface area contributed by atoms with Crippen LogP contribution in [-0.2, 0) is 20.9 Å². The van der Waals surface area contributed by atoms with Crippen molar-refractivity contribution in [3.8, 4) is 11.1 Å². The molecule has 7 nitrogen and oxygen atoms in total. The van der Waals surface area contributed by atoms with E-state index in [4.69, 9.17) is 4.74 Å². The summed E-state index contributed by atoms with van der Waals surface area (Å²) in [5.41, 5.74) is 4.49. The summed E-state index contributed by atoms with van der Waals surface area (Å²) in [6.45, 7) is -0.0487. The molecule has 0 spiro atoms. The van der Waals surface area contributed by atoms with Crippen LogP contribution in [0.25, 0.3) is 11.1 Å². The number of ether oxygens (including phenoxy) is 1. The van der Waals surface area contributed by atoms with Gasteiger partial charge in [-0.2, -0.15) is 0 Å². The fourth-order valence-corrected chi connectivity index (χ4v) is 4.38. The summed E-state index contributed by atoms with van der Waals surface area (Å²) in [6, 6.07) is 20.4. The van der Waals surface area contributed by atoms with E-state index in [2.05, 4.69) is 5.32 Å². The van der Waals surface area contributed by atoms with Crippen LogP contribution in [0.15, 0.2) is 72.8 Å². The molecule has 1 aliphatic carbocycles. The second-order valence-corrected chi connectivity index (χ2v) is 8.41. The molecule has 1 aliphatic rings. The zero-order valence-electron chi connectivity index (χ0n) is 19.1. The molecule has 8 heteroatoms. The molecule has 0 aromatic heterocycles. The number of nitrogens with one attached hydrogen (secondary N) is 1. The van der Waals surface area contributed by atoms with Gasteiger partial charge in [0.05, 0.1) is 6.42 Å². The highest BCUT2D eigenvalue weighted by atomic mass is 19.1. The van der Waals surface area contributed by atoms with Gasteiger partial charge in [0.2, 0.25) is 5.91 Å². The summed E-state index contributed by atoms with van der Waals surface area (Å²) in [7, 11) is 1.42. The number of likely N-dealkylation sites (N-methyl/N-ethyl adjacent to an activating group) is 1. The molecule has 3 aromatic carbocycles. The number of amides is 2. The molecule has 180 valence electrons. The predicted molar refractivity (Wildman–Crippen MR) is 127 cm³/mol. The largest absolute Gasteiger partial charge is 0.481 e. The molecular weight excluding hydrogens is 451 g/mol.